The first-order chi connectivity index (χ1) is 10.0. The van der Waals surface area contributed by atoms with Gasteiger partial charge in [-0.1, -0.05) is 6.07 Å². The number of nitrogens with zero attached hydrogens (tertiary/aromatic N) is 1. The lowest BCUT2D eigenvalue weighted by Gasteiger charge is -2.33. The largest absolute Gasteiger partial charge is 0.394 e. The van der Waals surface area contributed by atoms with Gasteiger partial charge in [-0.05, 0) is 24.6 Å². The van der Waals surface area contributed by atoms with Crippen LogP contribution < -0.4 is 5.32 Å². The molecule has 0 radical (unpaired) electrons. The Kier molecular flexibility index (Phi) is 5.08. The van der Waals surface area contributed by atoms with Crippen molar-refractivity contribution in [2.24, 2.45) is 0 Å². The average Bonchev–Trinajstić information content (AvgIpc) is 2.49. The standard InChI is InChI=1S/C14H18F2N2O3/c1-9(10-2-3-12(15)13(16)6-10)17-14(20)18-4-5-21-11(7-18)8-19/h2-3,6,9,11,19H,4-5,7-8H2,1H3,(H,17,20)/t9-,11+/m1/s1. The van der Waals surface area contributed by atoms with Gasteiger partial charge in [-0.15, -0.1) is 0 Å². The molecule has 0 aromatic heterocycles. The minimum Gasteiger partial charge on any atom is -0.394 e. The van der Waals surface area contributed by atoms with Gasteiger partial charge in [0, 0.05) is 6.54 Å². The fraction of sp³-hybridized carbons (Fsp3) is 0.500. The van der Waals surface area contributed by atoms with E-state index in [9.17, 15) is 13.6 Å². The van der Waals surface area contributed by atoms with Crippen molar-refractivity contribution in [3.05, 3.63) is 35.4 Å². The minimum absolute atomic E-state index is 0.150. The normalized spacial score (nSPS) is 20.2. The van der Waals surface area contributed by atoms with Crippen LogP contribution in [0.4, 0.5) is 13.6 Å². The zero-order valence-corrected chi connectivity index (χ0v) is 11.7. The molecule has 1 aromatic carbocycles. The second-order valence-corrected chi connectivity index (χ2v) is 4.97. The quantitative estimate of drug-likeness (QED) is 0.887. The van der Waals surface area contributed by atoms with E-state index in [4.69, 9.17) is 9.84 Å². The fourth-order valence-corrected chi connectivity index (χ4v) is 2.16. The lowest BCUT2D eigenvalue weighted by molar-refractivity contribution is -0.0404. The Bertz CT molecular complexity index is 513. The molecule has 1 heterocycles. The topological polar surface area (TPSA) is 61.8 Å². The van der Waals surface area contributed by atoms with Crippen molar-refractivity contribution < 1.29 is 23.4 Å². The van der Waals surface area contributed by atoms with Crippen LogP contribution in [-0.4, -0.2) is 48.4 Å². The van der Waals surface area contributed by atoms with E-state index in [0.29, 0.717) is 25.3 Å². The number of carbonyl (C=O) groups excluding carboxylic acids is 1. The lowest BCUT2D eigenvalue weighted by Crippen LogP contribution is -2.50. The Labute approximate surface area is 121 Å². The molecule has 0 aliphatic carbocycles. The minimum atomic E-state index is -0.944. The first-order valence-electron chi connectivity index (χ1n) is 6.74. The highest BCUT2D eigenvalue weighted by Gasteiger charge is 2.24. The number of hydrogen-bond acceptors (Lipinski definition) is 3. The number of halogens is 2. The zero-order valence-electron chi connectivity index (χ0n) is 11.7. The van der Waals surface area contributed by atoms with Gasteiger partial charge in [0.2, 0.25) is 0 Å². The van der Waals surface area contributed by atoms with Crippen molar-refractivity contribution in [3.8, 4) is 0 Å². The number of urea groups is 1. The van der Waals surface area contributed by atoms with Gasteiger partial charge in [0.05, 0.1) is 31.9 Å². The average molecular weight is 300 g/mol. The number of rotatable bonds is 3. The predicted octanol–water partition coefficient (Wildman–Crippen LogP) is 1.43. The van der Waals surface area contributed by atoms with Crippen LogP contribution in [0.25, 0.3) is 0 Å². The summed E-state index contributed by atoms with van der Waals surface area (Å²) in [4.78, 5) is 13.6. The molecule has 116 valence electrons. The van der Waals surface area contributed by atoms with Crippen LogP contribution in [-0.2, 0) is 4.74 Å². The number of benzene rings is 1. The van der Waals surface area contributed by atoms with Crippen LogP contribution in [0.15, 0.2) is 18.2 Å². The molecule has 1 aromatic rings. The van der Waals surface area contributed by atoms with E-state index in [2.05, 4.69) is 5.32 Å². The molecule has 7 heteroatoms. The number of carbonyl (C=O) groups is 1. The Balaban J connectivity index is 1.96. The molecule has 1 aliphatic rings. The smallest absolute Gasteiger partial charge is 0.318 e. The molecule has 1 aliphatic heterocycles. The van der Waals surface area contributed by atoms with Crippen molar-refractivity contribution in [1.29, 1.82) is 0 Å². The van der Waals surface area contributed by atoms with E-state index < -0.39 is 17.7 Å². The molecule has 2 amide bonds. The van der Waals surface area contributed by atoms with Gasteiger partial charge in [-0.25, -0.2) is 13.6 Å². The van der Waals surface area contributed by atoms with E-state index >= 15 is 0 Å². The Morgan fingerprint density at radius 2 is 2.29 bits per heavy atom. The van der Waals surface area contributed by atoms with Crippen molar-refractivity contribution >= 4 is 6.03 Å². The summed E-state index contributed by atoms with van der Waals surface area (Å²) in [5.74, 6) is -1.86. The highest BCUT2D eigenvalue weighted by Crippen LogP contribution is 2.16. The Morgan fingerprint density at radius 1 is 1.52 bits per heavy atom. The van der Waals surface area contributed by atoms with E-state index in [-0.39, 0.29) is 18.7 Å². The third kappa shape index (κ3) is 3.89. The van der Waals surface area contributed by atoms with Gasteiger partial charge < -0.3 is 20.1 Å². The maximum Gasteiger partial charge on any atom is 0.318 e. The summed E-state index contributed by atoms with van der Waals surface area (Å²) in [5, 5.41) is 11.8. The number of aliphatic hydroxyl groups excluding tert-OH is 1. The molecule has 0 bridgehead atoms. The molecule has 2 atom stereocenters. The molecule has 21 heavy (non-hydrogen) atoms. The molecule has 1 saturated heterocycles. The first kappa shape index (κ1) is 15.7. The number of nitrogens with one attached hydrogen (secondary N) is 1. The maximum atomic E-state index is 13.2. The molecule has 5 nitrogen and oxygen atoms in total. The summed E-state index contributed by atoms with van der Waals surface area (Å²) < 4.78 is 31.3. The van der Waals surface area contributed by atoms with Gasteiger partial charge in [-0.2, -0.15) is 0 Å². The third-order valence-corrected chi connectivity index (χ3v) is 3.41. The molecule has 2 rings (SSSR count). The molecule has 0 saturated carbocycles. The van der Waals surface area contributed by atoms with Crippen LogP contribution in [0.1, 0.15) is 18.5 Å². The van der Waals surface area contributed by atoms with Crippen LogP contribution in [0.3, 0.4) is 0 Å². The molecular formula is C14H18F2N2O3. The van der Waals surface area contributed by atoms with E-state index in [0.717, 1.165) is 12.1 Å². The summed E-state index contributed by atoms with van der Waals surface area (Å²) in [6.07, 6.45) is -0.386. The molecular weight excluding hydrogens is 282 g/mol. The summed E-state index contributed by atoms with van der Waals surface area (Å²) in [5.41, 5.74) is 0.481. The Morgan fingerprint density at radius 3 is 2.95 bits per heavy atom. The zero-order chi connectivity index (χ0) is 15.4. The van der Waals surface area contributed by atoms with Crippen LogP contribution in [0.5, 0.6) is 0 Å². The first-order valence-corrected chi connectivity index (χ1v) is 6.74. The van der Waals surface area contributed by atoms with Crippen LogP contribution in [0, 0.1) is 11.6 Å². The number of morpholine rings is 1. The Hall–Kier alpha value is -1.73. The number of hydrogen-bond donors (Lipinski definition) is 2. The summed E-state index contributed by atoms with van der Waals surface area (Å²) >= 11 is 0. The van der Waals surface area contributed by atoms with Gasteiger partial charge >= 0.3 is 6.03 Å². The lowest BCUT2D eigenvalue weighted by atomic mass is 10.1. The van der Waals surface area contributed by atoms with Gasteiger partial charge in [0.25, 0.3) is 0 Å². The number of ether oxygens (including phenoxy) is 1. The summed E-state index contributed by atoms with van der Waals surface area (Å²) in [7, 11) is 0. The summed E-state index contributed by atoms with van der Waals surface area (Å²) in [6.45, 7) is 2.62. The second-order valence-electron chi connectivity index (χ2n) is 4.97. The third-order valence-electron chi connectivity index (χ3n) is 3.41. The number of amides is 2. The van der Waals surface area contributed by atoms with Crippen molar-refractivity contribution in [3.63, 3.8) is 0 Å². The van der Waals surface area contributed by atoms with Gasteiger partial charge in [0.1, 0.15) is 0 Å². The second kappa shape index (κ2) is 6.82. The van der Waals surface area contributed by atoms with E-state index in [1.54, 1.807) is 6.92 Å². The van der Waals surface area contributed by atoms with E-state index in [1.807, 2.05) is 0 Å². The molecule has 0 spiro atoms. The SMILES string of the molecule is C[C@@H](NC(=O)N1CCO[C@H](CO)C1)c1ccc(F)c(F)c1. The molecule has 2 N–H and O–H groups in total. The van der Waals surface area contributed by atoms with Crippen LogP contribution >= 0.6 is 0 Å². The number of aliphatic hydroxyl groups is 1. The van der Waals surface area contributed by atoms with Crippen molar-refractivity contribution in [1.82, 2.24) is 10.2 Å². The summed E-state index contributed by atoms with van der Waals surface area (Å²) in [6, 6.07) is 2.75. The highest BCUT2D eigenvalue weighted by molar-refractivity contribution is 5.74. The predicted molar refractivity (Wildman–Crippen MR) is 71.7 cm³/mol. The molecule has 1 fully saturated rings. The van der Waals surface area contributed by atoms with Gasteiger partial charge in [-0.3, -0.25) is 0 Å². The van der Waals surface area contributed by atoms with Crippen molar-refractivity contribution in [2.75, 3.05) is 26.3 Å². The maximum absolute atomic E-state index is 13.2. The fourth-order valence-electron chi connectivity index (χ4n) is 2.16. The van der Waals surface area contributed by atoms with Crippen LogP contribution in [0.2, 0.25) is 0 Å². The van der Waals surface area contributed by atoms with Crippen molar-refractivity contribution in [2.45, 2.75) is 19.1 Å². The monoisotopic (exact) mass is 300 g/mol. The van der Waals surface area contributed by atoms with Gasteiger partial charge in [0.15, 0.2) is 11.6 Å². The highest BCUT2D eigenvalue weighted by atomic mass is 19.2. The van der Waals surface area contributed by atoms with E-state index in [1.165, 1.54) is 11.0 Å². The molecule has 0 unspecified atom stereocenters.